The average Bonchev–Trinajstić information content (AvgIpc) is 3.05. The molecule has 1 unspecified atom stereocenters. The van der Waals surface area contributed by atoms with Crippen LogP contribution in [0.5, 0.6) is 0 Å². The standard InChI is InChI=1S/C15H21N3O2/c1-2-6-15(14(19)20)7-8-18(9-15)13-11-4-3-5-12(11)16-10-17-13/h10H,2-9H2,1H3,(H,19,20). The van der Waals surface area contributed by atoms with E-state index in [1.165, 1.54) is 5.56 Å². The van der Waals surface area contributed by atoms with Crippen molar-refractivity contribution in [1.82, 2.24) is 9.97 Å². The van der Waals surface area contributed by atoms with E-state index in [9.17, 15) is 9.90 Å². The molecule has 0 radical (unpaired) electrons. The lowest BCUT2D eigenvalue weighted by Crippen LogP contribution is -2.35. The Morgan fingerprint density at radius 2 is 2.30 bits per heavy atom. The van der Waals surface area contributed by atoms with Crippen LogP contribution in [-0.2, 0) is 17.6 Å². The first-order chi connectivity index (χ1) is 9.66. The zero-order valence-electron chi connectivity index (χ0n) is 11.9. The molecule has 1 aliphatic heterocycles. The molecule has 2 heterocycles. The van der Waals surface area contributed by atoms with Gasteiger partial charge in [0.15, 0.2) is 0 Å². The summed E-state index contributed by atoms with van der Waals surface area (Å²) in [5, 5.41) is 9.59. The summed E-state index contributed by atoms with van der Waals surface area (Å²) >= 11 is 0. The molecule has 5 heteroatoms. The fourth-order valence-corrected chi connectivity index (χ4v) is 3.63. The summed E-state index contributed by atoms with van der Waals surface area (Å²) in [6.07, 6.45) is 7.17. The maximum absolute atomic E-state index is 11.7. The molecular formula is C15H21N3O2. The number of aryl methyl sites for hydroxylation is 1. The van der Waals surface area contributed by atoms with Crippen molar-refractivity contribution in [1.29, 1.82) is 0 Å². The predicted molar refractivity (Wildman–Crippen MR) is 75.9 cm³/mol. The Hall–Kier alpha value is -1.65. The van der Waals surface area contributed by atoms with E-state index in [-0.39, 0.29) is 0 Å². The van der Waals surface area contributed by atoms with E-state index in [2.05, 4.69) is 21.8 Å². The minimum absolute atomic E-state index is 0.583. The number of hydrogen-bond donors (Lipinski definition) is 1. The molecule has 1 N–H and O–H groups in total. The molecule has 1 saturated heterocycles. The topological polar surface area (TPSA) is 66.3 Å². The summed E-state index contributed by atoms with van der Waals surface area (Å²) < 4.78 is 0. The van der Waals surface area contributed by atoms with Crippen LogP contribution in [0.25, 0.3) is 0 Å². The summed E-state index contributed by atoms with van der Waals surface area (Å²) in [4.78, 5) is 22.6. The lowest BCUT2D eigenvalue weighted by Gasteiger charge is -2.25. The zero-order valence-corrected chi connectivity index (χ0v) is 11.9. The zero-order chi connectivity index (χ0) is 14.2. The van der Waals surface area contributed by atoms with E-state index in [0.717, 1.165) is 56.6 Å². The van der Waals surface area contributed by atoms with Crippen molar-refractivity contribution in [2.24, 2.45) is 5.41 Å². The number of anilines is 1. The molecule has 0 amide bonds. The minimum atomic E-state index is -0.660. The molecule has 5 nitrogen and oxygen atoms in total. The lowest BCUT2D eigenvalue weighted by molar-refractivity contribution is -0.148. The van der Waals surface area contributed by atoms with Crippen LogP contribution < -0.4 is 4.90 Å². The normalized spacial score (nSPS) is 24.9. The first-order valence-corrected chi connectivity index (χ1v) is 7.47. The summed E-state index contributed by atoms with van der Waals surface area (Å²) in [5.74, 6) is 0.319. The third-order valence-electron chi connectivity index (χ3n) is 4.69. The average molecular weight is 275 g/mol. The van der Waals surface area contributed by atoms with Gasteiger partial charge in [-0.05, 0) is 32.1 Å². The molecule has 0 saturated carbocycles. The van der Waals surface area contributed by atoms with Crippen LogP contribution in [0.1, 0.15) is 43.9 Å². The van der Waals surface area contributed by atoms with E-state index in [1.54, 1.807) is 6.33 Å². The molecule has 1 atom stereocenters. The summed E-state index contributed by atoms with van der Waals surface area (Å²) in [5.41, 5.74) is 1.80. The van der Waals surface area contributed by atoms with Crippen LogP contribution in [0, 0.1) is 5.41 Å². The molecule has 1 aliphatic carbocycles. The minimum Gasteiger partial charge on any atom is -0.481 e. The van der Waals surface area contributed by atoms with Crippen molar-refractivity contribution in [2.45, 2.75) is 45.4 Å². The molecule has 1 fully saturated rings. The molecule has 20 heavy (non-hydrogen) atoms. The van der Waals surface area contributed by atoms with Gasteiger partial charge < -0.3 is 10.0 Å². The number of aromatic nitrogens is 2. The van der Waals surface area contributed by atoms with Crippen LogP contribution in [0.2, 0.25) is 0 Å². The van der Waals surface area contributed by atoms with Gasteiger partial charge in [0.05, 0.1) is 5.41 Å². The van der Waals surface area contributed by atoms with Crippen molar-refractivity contribution in [3.05, 3.63) is 17.6 Å². The number of aliphatic carboxylic acids is 1. The Balaban J connectivity index is 1.87. The molecule has 2 aliphatic rings. The molecule has 0 bridgehead atoms. The van der Waals surface area contributed by atoms with Crippen molar-refractivity contribution >= 4 is 11.8 Å². The first-order valence-electron chi connectivity index (χ1n) is 7.47. The lowest BCUT2D eigenvalue weighted by atomic mass is 9.83. The second kappa shape index (κ2) is 5.04. The van der Waals surface area contributed by atoms with Crippen LogP contribution in [0.3, 0.4) is 0 Å². The molecule has 1 aromatic heterocycles. The number of carbonyl (C=O) groups is 1. The van der Waals surface area contributed by atoms with E-state index in [0.29, 0.717) is 6.54 Å². The van der Waals surface area contributed by atoms with Crippen LogP contribution in [-0.4, -0.2) is 34.1 Å². The number of nitrogens with zero attached hydrogens (tertiary/aromatic N) is 3. The first kappa shape index (κ1) is 13.3. The quantitative estimate of drug-likeness (QED) is 0.911. The third kappa shape index (κ3) is 2.05. The van der Waals surface area contributed by atoms with Gasteiger partial charge in [-0.1, -0.05) is 13.3 Å². The Morgan fingerprint density at radius 1 is 1.45 bits per heavy atom. The second-order valence-corrected chi connectivity index (χ2v) is 5.98. The van der Waals surface area contributed by atoms with E-state index in [1.807, 2.05) is 0 Å². The number of carboxylic acids is 1. The number of fused-ring (bicyclic) bond motifs is 1. The van der Waals surface area contributed by atoms with Crippen molar-refractivity contribution in [3.63, 3.8) is 0 Å². The monoisotopic (exact) mass is 275 g/mol. The maximum atomic E-state index is 11.7. The summed E-state index contributed by atoms with van der Waals surface area (Å²) in [7, 11) is 0. The molecule has 1 aromatic rings. The van der Waals surface area contributed by atoms with Gasteiger partial charge >= 0.3 is 5.97 Å². The molecule has 0 aromatic carbocycles. The van der Waals surface area contributed by atoms with Gasteiger partial charge in [0, 0.05) is 24.3 Å². The highest BCUT2D eigenvalue weighted by Crippen LogP contribution is 2.39. The Labute approximate surface area is 119 Å². The molecule has 3 rings (SSSR count). The van der Waals surface area contributed by atoms with Gasteiger partial charge in [-0.2, -0.15) is 0 Å². The van der Waals surface area contributed by atoms with E-state index < -0.39 is 11.4 Å². The van der Waals surface area contributed by atoms with Crippen molar-refractivity contribution < 1.29 is 9.90 Å². The fourth-order valence-electron chi connectivity index (χ4n) is 3.63. The predicted octanol–water partition coefficient (Wildman–Crippen LogP) is 2.05. The van der Waals surface area contributed by atoms with Crippen molar-refractivity contribution in [3.8, 4) is 0 Å². The highest BCUT2D eigenvalue weighted by atomic mass is 16.4. The van der Waals surface area contributed by atoms with Gasteiger partial charge in [-0.3, -0.25) is 4.79 Å². The highest BCUT2D eigenvalue weighted by molar-refractivity contribution is 5.76. The number of hydrogen-bond acceptors (Lipinski definition) is 4. The van der Waals surface area contributed by atoms with Gasteiger partial charge in [0.2, 0.25) is 0 Å². The van der Waals surface area contributed by atoms with E-state index >= 15 is 0 Å². The third-order valence-corrected chi connectivity index (χ3v) is 4.69. The summed E-state index contributed by atoms with van der Waals surface area (Å²) in [6, 6.07) is 0. The molecular weight excluding hydrogens is 254 g/mol. The smallest absolute Gasteiger partial charge is 0.311 e. The van der Waals surface area contributed by atoms with Crippen molar-refractivity contribution in [2.75, 3.05) is 18.0 Å². The second-order valence-electron chi connectivity index (χ2n) is 5.98. The highest BCUT2D eigenvalue weighted by Gasteiger charge is 2.45. The maximum Gasteiger partial charge on any atom is 0.311 e. The Bertz CT molecular complexity index is 532. The van der Waals surface area contributed by atoms with Gasteiger partial charge in [0.1, 0.15) is 12.1 Å². The van der Waals surface area contributed by atoms with Crippen LogP contribution in [0.4, 0.5) is 5.82 Å². The van der Waals surface area contributed by atoms with E-state index in [4.69, 9.17) is 0 Å². The SMILES string of the molecule is CCCC1(C(=O)O)CCN(c2ncnc3c2CCC3)C1. The van der Waals surface area contributed by atoms with Gasteiger partial charge in [-0.25, -0.2) is 9.97 Å². The Kier molecular flexibility index (Phi) is 3.36. The van der Waals surface area contributed by atoms with Gasteiger partial charge in [-0.15, -0.1) is 0 Å². The molecule has 0 spiro atoms. The Morgan fingerprint density at radius 3 is 3.05 bits per heavy atom. The number of rotatable bonds is 4. The van der Waals surface area contributed by atoms with Crippen LogP contribution >= 0.6 is 0 Å². The summed E-state index contributed by atoms with van der Waals surface area (Å²) in [6.45, 7) is 3.42. The fraction of sp³-hybridized carbons (Fsp3) is 0.667. The largest absolute Gasteiger partial charge is 0.481 e. The van der Waals surface area contributed by atoms with Gasteiger partial charge in [0.25, 0.3) is 0 Å². The molecule has 108 valence electrons. The number of carboxylic acid groups (broad SMARTS) is 1. The van der Waals surface area contributed by atoms with Crippen LogP contribution in [0.15, 0.2) is 6.33 Å².